The molecule has 0 aliphatic rings. The van der Waals surface area contributed by atoms with Crippen molar-refractivity contribution >= 4 is 11.8 Å². The van der Waals surface area contributed by atoms with E-state index in [1.165, 1.54) is 19.3 Å². The molecule has 102 valence electrons. The summed E-state index contributed by atoms with van der Waals surface area (Å²) in [4.78, 5) is 20.3. The van der Waals surface area contributed by atoms with Gasteiger partial charge in [0.05, 0.1) is 0 Å². The van der Waals surface area contributed by atoms with Gasteiger partial charge in [0.25, 0.3) is 0 Å². The van der Waals surface area contributed by atoms with Crippen molar-refractivity contribution in [3.05, 3.63) is 0 Å². The number of carboxylic acid groups (broad SMARTS) is 1. The molecule has 0 bridgehead atoms. The average molecular weight is 244 g/mol. The molecule has 0 spiro atoms. The molecule has 0 amide bonds. The van der Waals surface area contributed by atoms with Crippen molar-refractivity contribution in [3.63, 3.8) is 0 Å². The summed E-state index contributed by atoms with van der Waals surface area (Å²) in [5.74, 6) is -0.357. The van der Waals surface area contributed by atoms with Gasteiger partial charge in [-0.1, -0.05) is 46.0 Å². The van der Waals surface area contributed by atoms with Gasteiger partial charge in [-0.15, -0.1) is 0 Å². The number of carbonyl (C=O) groups excluding carboxylic acids is 1. The number of unbranched alkanes of at least 4 members (excludes halogenated alkanes) is 5. The topological polar surface area (TPSA) is 54.4 Å². The molecule has 0 saturated carbocycles. The minimum Gasteiger partial charge on any atom is -0.481 e. The highest BCUT2D eigenvalue weighted by Gasteiger charge is 1.94. The lowest BCUT2D eigenvalue weighted by Gasteiger charge is -1.92. The molecule has 3 heteroatoms. The summed E-state index contributed by atoms with van der Waals surface area (Å²) in [5, 5.41) is 8.21. The highest BCUT2D eigenvalue weighted by atomic mass is 16.4. The Hall–Kier alpha value is -0.860. The minimum absolute atomic E-state index is 0.318. The van der Waals surface area contributed by atoms with Crippen LogP contribution in [0.1, 0.15) is 78.6 Å². The quantitative estimate of drug-likeness (QED) is 0.618. The van der Waals surface area contributed by atoms with Gasteiger partial charge in [-0.3, -0.25) is 4.79 Å². The molecule has 0 heterocycles. The van der Waals surface area contributed by atoms with E-state index in [-0.39, 0.29) is 0 Å². The first-order valence-electron chi connectivity index (χ1n) is 6.75. The zero-order valence-electron chi connectivity index (χ0n) is 11.6. The largest absolute Gasteiger partial charge is 0.481 e. The van der Waals surface area contributed by atoms with Crippen molar-refractivity contribution in [1.29, 1.82) is 0 Å². The smallest absolute Gasteiger partial charge is 0.303 e. The lowest BCUT2D eigenvalue weighted by molar-refractivity contribution is -0.137. The molecule has 3 nitrogen and oxygen atoms in total. The second-order valence-electron chi connectivity index (χ2n) is 4.36. The molecule has 0 aromatic rings. The van der Waals surface area contributed by atoms with Crippen LogP contribution < -0.4 is 0 Å². The molecule has 0 aliphatic heterocycles. The predicted octanol–water partition coefficient (Wildman–Crippen LogP) is 4.20. The average Bonchev–Trinajstić information content (AvgIpc) is 2.25. The van der Waals surface area contributed by atoms with Gasteiger partial charge in [-0.2, -0.15) is 0 Å². The van der Waals surface area contributed by atoms with Crippen LogP contribution in [-0.4, -0.2) is 16.9 Å². The number of ketones is 1. The Balaban J connectivity index is 0. The summed E-state index contributed by atoms with van der Waals surface area (Å²) in [6.07, 6.45) is 8.80. The van der Waals surface area contributed by atoms with Gasteiger partial charge in [0.2, 0.25) is 0 Å². The zero-order chi connectivity index (χ0) is 13.5. The number of hydrogen-bond donors (Lipinski definition) is 1. The van der Waals surface area contributed by atoms with Crippen LogP contribution in [0.5, 0.6) is 0 Å². The van der Waals surface area contributed by atoms with Crippen molar-refractivity contribution < 1.29 is 14.7 Å². The summed E-state index contributed by atoms with van der Waals surface area (Å²) in [5.41, 5.74) is 0. The molecule has 17 heavy (non-hydrogen) atoms. The van der Waals surface area contributed by atoms with Crippen LogP contribution in [0.4, 0.5) is 0 Å². The summed E-state index contributed by atoms with van der Waals surface area (Å²) in [6.45, 7) is 5.90. The van der Waals surface area contributed by atoms with Crippen molar-refractivity contribution in [2.24, 2.45) is 0 Å². The summed E-state index contributed by atoms with van der Waals surface area (Å²) in [6, 6.07) is 0. The van der Waals surface area contributed by atoms with Crippen molar-refractivity contribution in [2.45, 2.75) is 78.6 Å². The SMILES string of the molecule is CCCCCC(C)=O.CCCCCCC(=O)O. The maximum absolute atomic E-state index is 10.3. The van der Waals surface area contributed by atoms with Gasteiger partial charge < -0.3 is 9.90 Å². The maximum Gasteiger partial charge on any atom is 0.303 e. The van der Waals surface area contributed by atoms with E-state index in [0.29, 0.717) is 12.2 Å². The first-order valence-corrected chi connectivity index (χ1v) is 6.75. The van der Waals surface area contributed by atoms with Gasteiger partial charge in [-0.05, 0) is 19.8 Å². The van der Waals surface area contributed by atoms with E-state index < -0.39 is 5.97 Å². The van der Waals surface area contributed by atoms with Crippen LogP contribution in [0, 0.1) is 0 Å². The fourth-order valence-corrected chi connectivity index (χ4v) is 1.33. The number of rotatable bonds is 9. The third-order valence-corrected chi connectivity index (χ3v) is 2.38. The Bertz CT molecular complexity index is 188. The Morgan fingerprint density at radius 2 is 1.29 bits per heavy atom. The van der Waals surface area contributed by atoms with E-state index in [9.17, 15) is 9.59 Å². The molecule has 0 rings (SSSR count). The highest BCUT2D eigenvalue weighted by molar-refractivity contribution is 5.75. The highest BCUT2D eigenvalue weighted by Crippen LogP contribution is 2.01. The lowest BCUT2D eigenvalue weighted by atomic mass is 10.2. The summed E-state index contributed by atoms with van der Waals surface area (Å²) >= 11 is 0. The monoisotopic (exact) mass is 244 g/mol. The second-order valence-corrected chi connectivity index (χ2v) is 4.36. The first kappa shape index (κ1) is 18.5. The van der Waals surface area contributed by atoms with Crippen LogP contribution in [0.2, 0.25) is 0 Å². The molecule has 0 fully saturated rings. The fraction of sp³-hybridized carbons (Fsp3) is 0.857. The third kappa shape index (κ3) is 25.4. The van der Waals surface area contributed by atoms with Crippen LogP contribution in [0.3, 0.4) is 0 Å². The zero-order valence-corrected chi connectivity index (χ0v) is 11.6. The van der Waals surface area contributed by atoms with Crippen LogP contribution in [0.15, 0.2) is 0 Å². The third-order valence-electron chi connectivity index (χ3n) is 2.38. The molecular formula is C14H28O3. The number of aliphatic carboxylic acids is 1. The van der Waals surface area contributed by atoms with E-state index in [4.69, 9.17) is 5.11 Å². The van der Waals surface area contributed by atoms with Gasteiger partial charge in [0.1, 0.15) is 5.78 Å². The Kier molecular flexibility index (Phi) is 16.5. The second kappa shape index (κ2) is 15.1. The van der Waals surface area contributed by atoms with Gasteiger partial charge in [0.15, 0.2) is 0 Å². The van der Waals surface area contributed by atoms with Crippen LogP contribution in [-0.2, 0) is 9.59 Å². The summed E-state index contributed by atoms with van der Waals surface area (Å²) < 4.78 is 0. The molecule has 0 aliphatic carbocycles. The van der Waals surface area contributed by atoms with Crippen LogP contribution >= 0.6 is 0 Å². The van der Waals surface area contributed by atoms with E-state index in [1.807, 2.05) is 0 Å². The predicted molar refractivity (Wildman–Crippen MR) is 71.2 cm³/mol. The molecule has 1 N–H and O–H groups in total. The number of Topliss-reactive ketones (excluding diaryl/α,β-unsaturated/α-hetero) is 1. The molecule has 0 unspecified atom stereocenters. The number of hydrogen-bond acceptors (Lipinski definition) is 2. The maximum atomic E-state index is 10.3. The lowest BCUT2D eigenvalue weighted by Crippen LogP contribution is -1.92. The van der Waals surface area contributed by atoms with E-state index >= 15 is 0 Å². The van der Waals surface area contributed by atoms with Gasteiger partial charge >= 0.3 is 5.97 Å². The van der Waals surface area contributed by atoms with E-state index in [1.54, 1.807) is 6.92 Å². The van der Waals surface area contributed by atoms with Crippen molar-refractivity contribution in [2.75, 3.05) is 0 Å². The Labute approximate surface area is 106 Å². The van der Waals surface area contributed by atoms with Crippen molar-refractivity contribution in [1.82, 2.24) is 0 Å². The molecule has 0 aromatic carbocycles. The standard InChI is InChI=1S/C7H14O2.C7H14O/c1-2-3-4-5-6-7(8)9;1-3-4-5-6-7(2)8/h2-6H2,1H3,(H,8,9);3-6H2,1-2H3. The normalized spacial score (nSPS) is 9.35. The Morgan fingerprint density at radius 3 is 1.71 bits per heavy atom. The summed E-state index contributed by atoms with van der Waals surface area (Å²) in [7, 11) is 0. The molecular weight excluding hydrogens is 216 g/mol. The van der Waals surface area contributed by atoms with Crippen LogP contribution in [0.25, 0.3) is 0 Å². The van der Waals surface area contributed by atoms with Crippen molar-refractivity contribution in [3.8, 4) is 0 Å². The molecule has 0 atom stereocenters. The Morgan fingerprint density at radius 1 is 0.824 bits per heavy atom. The molecule has 0 saturated heterocycles. The minimum atomic E-state index is -0.675. The molecule has 0 aromatic heterocycles. The van der Waals surface area contributed by atoms with E-state index in [0.717, 1.165) is 32.1 Å². The molecule has 0 radical (unpaired) electrons. The van der Waals surface area contributed by atoms with Gasteiger partial charge in [0, 0.05) is 12.8 Å². The number of carbonyl (C=O) groups is 2. The first-order chi connectivity index (χ1) is 8.04. The number of carboxylic acids is 1. The fourth-order valence-electron chi connectivity index (χ4n) is 1.33. The van der Waals surface area contributed by atoms with E-state index in [2.05, 4.69) is 13.8 Å². The van der Waals surface area contributed by atoms with Gasteiger partial charge in [-0.25, -0.2) is 0 Å².